The Labute approximate surface area is 171 Å². The van der Waals surface area contributed by atoms with Crippen LogP contribution in [0.25, 0.3) is 5.69 Å². The highest BCUT2D eigenvalue weighted by atomic mass is 16.2. The van der Waals surface area contributed by atoms with E-state index in [-0.39, 0.29) is 17.5 Å². The van der Waals surface area contributed by atoms with Gasteiger partial charge in [-0.25, -0.2) is 9.67 Å². The molecule has 4 rings (SSSR count). The fourth-order valence-electron chi connectivity index (χ4n) is 3.94. The number of nitrogens with one attached hydrogen (secondary N) is 1. The van der Waals surface area contributed by atoms with Crippen LogP contribution in [0.15, 0.2) is 67.3 Å². The van der Waals surface area contributed by atoms with Gasteiger partial charge in [-0.1, -0.05) is 42.5 Å². The summed E-state index contributed by atoms with van der Waals surface area (Å²) < 4.78 is 1.73. The molecule has 0 radical (unpaired) electrons. The lowest BCUT2D eigenvalue weighted by Gasteiger charge is -2.43. The first-order chi connectivity index (χ1) is 14.1. The molecule has 1 saturated carbocycles. The van der Waals surface area contributed by atoms with Gasteiger partial charge in [0.1, 0.15) is 12.7 Å². The Morgan fingerprint density at radius 1 is 1.17 bits per heavy atom. The van der Waals surface area contributed by atoms with Crippen molar-refractivity contribution in [3.8, 4) is 5.69 Å². The van der Waals surface area contributed by atoms with E-state index in [9.17, 15) is 4.79 Å². The van der Waals surface area contributed by atoms with Gasteiger partial charge in [-0.3, -0.25) is 9.69 Å². The van der Waals surface area contributed by atoms with Crippen LogP contribution in [-0.4, -0.2) is 39.2 Å². The summed E-state index contributed by atoms with van der Waals surface area (Å²) in [5, 5.41) is 7.46. The van der Waals surface area contributed by atoms with Crippen LogP contribution < -0.4 is 5.32 Å². The van der Waals surface area contributed by atoms with Gasteiger partial charge in [-0.05, 0) is 56.5 Å². The number of amides is 1. The number of rotatable bonds is 7. The minimum Gasteiger partial charge on any atom is -0.345 e. The molecule has 0 saturated heterocycles. The molecule has 1 amide bonds. The lowest BCUT2D eigenvalue weighted by atomic mass is 9.72. The van der Waals surface area contributed by atoms with Crippen LogP contribution in [0.2, 0.25) is 0 Å². The number of hydrogen-bond donors (Lipinski definition) is 1. The highest BCUT2D eigenvalue weighted by Gasteiger charge is 2.39. The first-order valence-electron chi connectivity index (χ1n) is 10.1. The third kappa shape index (κ3) is 4.07. The molecule has 0 spiro atoms. The van der Waals surface area contributed by atoms with Crippen molar-refractivity contribution in [2.75, 3.05) is 13.6 Å². The summed E-state index contributed by atoms with van der Waals surface area (Å²) in [4.78, 5) is 18.9. The average Bonchev–Trinajstić information content (AvgIpc) is 3.26. The van der Waals surface area contributed by atoms with Crippen molar-refractivity contribution in [3.63, 3.8) is 0 Å². The van der Waals surface area contributed by atoms with Gasteiger partial charge in [0.25, 0.3) is 0 Å². The molecule has 1 aromatic heterocycles. The zero-order chi connectivity index (χ0) is 20.3. The molecular formula is C23H27N5O. The quantitative estimate of drug-likeness (QED) is 0.672. The lowest BCUT2D eigenvalue weighted by Crippen LogP contribution is -2.53. The van der Waals surface area contributed by atoms with E-state index in [0.29, 0.717) is 6.54 Å². The number of aromatic nitrogens is 3. The molecule has 6 nitrogen and oxygen atoms in total. The first kappa shape index (κ1) is 19.3. The summed E-state index contributed by atoms with van der Waals surface area (Å²) in [5.74, 6) is 0.0714. The van der Waals surface area contributed by atoms with Crippen molar-refractivity contribution in [2.24, 2.45) is 0 Å². The smallest absolute Gasteiger partial charge is 0.234 e. The highest BCUT2D eigenvalue weighted by Crippen LogP contribution is 2.41. The van der Waals surface area contributed by atoms with E-state index in [2.05, 4.69) is 51.5 Å². The molecule has 29 heavy (non-hydrogen) atoms. The number of nitrogens with zero attached hydrogens (tertiary/aromatic N) is 4. The van der Waals surface area contributed by atoms with Crippen molar-refractivity contribution < 1.29 is 4.79 Å². The van der Waals surface area contributed by atoms with E-state index in [4.69, 9.17) is 0 Å². The third-order valence-electron chi connectivity index (χ3n) is 6.03. The van der Waals surface area contributed by atoms with Gasteiger partial charge in [0, 0.05) is 6.04 Å². The fraction of sp³-hybridized carbons (Fsp3) is 0.348. The monoisotopic (exact) mass is 389 g/mol. The van der Waals surface area contributed by atoms with Crippen molar-refractivity contribution in [2.45, 2.75) is 37.8 Å². The first-order valence-corrected chi connectivity index (χ1v) is 10.1. The van der Waals surface area contributed by atoms with Gasteiger partial charge < -0.3 is 5.32 Å². The van der Waals surface area contributed by atoms with Crippen molar-refractivity contribution >= 4 is 5.91 Å². The summed E-state index contributed by atoms with van der Waals surface area (Å²) in [7, 11) is 1.99. The summed E-state index contributed by atoms with van der Waals surface area (Å²) in [6.07, 6.45) is 6.36. The topological polar surface area (TPSA) is 63.1 Å². The van der Waals surface area contributed by atoms with Crippen LogP contribution in [0, 0.1) is 0 Å². The van der Waals surface area contributed by atoms with E-state index >= 15 is 0 Å². The zero-order valence-electron chi connectivity index (χ0n) is 17.0. The molecule has 6 heteroatoms. The van der Waals surface area contributed by atoms with Crippen molar-refractivity contribution in [1.82, 2.24) is 25.0 Å². The normalized spacial score (nSPS) is 16.2. The van der Waals surface area contributed by atoms with Crippen LogP contribution in [0.3, 0.4) is 0 Å². The molecule has 2 aromatic carbocycles. The van der Waals surface area contributed by atoms with Crippen LogP contribution >= 0.6 is 0 Å². The highest BCUT2D eigenvalue weighted by molar-refractivity contribution is 5.79. The Morgan fingerprint density at radius 3 is 2.48 bits per heavy atom. The van der Waals surface area contributed by atoms with Gasteiger partial charge in [0.15, 0.2) is 0 Å². The van der Waals surface area contributed by atoms with E-state index in [1.54, 1.807) is 11.0 Å². The van der Waals surface area contributed by atoms with Crippen LogP contribution in [0.1, 0.15) is 43.4 Å². The van der Waals surface area contributed by atoms with Crippen LogP contribution in [0.4, 0.5) is 0 Å². The fourth-order valence-corrected chi connectivity index (χ4v) is 3.94. The molecule has 1 heterocycles. The molecular weight excluding hydrogens is 362 g/mol. The minimum atomic E-state index is -0.193. The van der Waals surface area contributed by atoms with Crippen molar-refractivity contribution in [1.29, 1.82) is 0 Å². The molecule has 3 aromatic rings. The SMILES string of the molecule is CC(c1ccc(-n2cncn2)cc1)N(C)CC(=O)NC1(c2ccccc2)CCC1. The van der Waals surface area contributed by atoms with E-state index in [1.165, 1.54) is 11.9 Å². The Balaban J connectivity index is 1.38. The van der Waals surface area contributed by atoms with Gasteiger partial charge in [-0.15, -0.1) is 0 Å². The largest absolute Gasteiger partial charge is 0.345 e. The second kappa shape index (κ2) is 8.17. The average molecular weight is 390 g/mol. The number of carbonyl (C=O) groups excluding carboxylic acids is 1. The Bertz CT molecular complexity index is 933. The van der Waals surface area contributed by atoms with Crippen LogP contribution in [0.5, 0.6) is 0 Å². The minimum absolute atomic E-state index is 0.0714. The molecule has 0 bridgehead atoms. The Morgan fingerprint density at radius 2 is 1.90 bits per heavy atom. The third-order valence-corrected chi connectivity index (χ3v) is 6.03. The number of likely N-dealkylation sites (N-methyl/N-ethyl adjacent to an activating group) is 1. The molecule has 1 aliphatic rings. The molecule has 1 fully saturated rings. The summed E-state index contributed by atoms with van der Waals surface area (Å²) in [6.45, 7) is 2.48. The zero-order valence-corrected chi connectivity index (χ0v) is 17.0. The van der Waals surface area contributed by atoms with E-state index in [1.807, 2.05) is 37.4 Å². The molecule has 1 unspecified atom stereocenters. The standard InChI is InChI=1S/C23H27N5O/c1-18(19-9-11-21(12-10-19)28-17-24-16-25-28)27(2)15-22(29)26-23(13-6-14-23)20-7-4-3-5-8-20/h3-5,7-12,16-18H,6,13-15H2,1-2H3,(H,26,29). The Kier molecular flexibility index (Phi) is 5.45. The predicted octanol–water partition coefficient (Wildman–Crippen LogP) is 3.46. The summed E-state index contributed by atoms with van der Waals surface area (Å²) in [6, 6.07) is 18.6. The van der Waals surface area contributed by atoms with E-state index in [0.717, 1.165) is 30.5 Å². The molecule has 1 atom stereocenters. The molecule has 1 N–H and O–H groups in total. The van der Waals surface area contributed by atoms with Gasteiger partial charge in [0.05, 0.1) is 17.8 Å². The molecule has 1 aliphatic carbocycles. The second-order valence-electron chi connectivity index (χ2n) is 7.87. The van der Waals surface area contributed by atoms with Gasteiger partial charge >= 0.3 is 0 Å². The molecule has 0 aliphatic heterocycles. The number of hydrogen-bond acceptors (Lipinski definition) is 4. The maximum absolute atomic E-state index is 12.8. The molecule has 150 valence electrons. The van der Waals surface area contributed by atoms with Gasteiger partial charge in [-0.2, -0.15) is 5.10 Å². The van der Waals surface area contributed by atoms with E-state index < -0.39 is 0 Å². The van der Waals surface area contributed by atoms with Gasteiger partial charge in [0.2, 0.25) is 5.91 Å². The Hall–Kier alpha value is -2.99. The maximum Gasteiger partial charge on any atom is 0.234 e. The number of benzene rings is 2. The van der Waals surface area contributed by atoms with Crippen molar-refractivity contribution in [3.05, 3.63) is 78.4 Å². The van der Waals surface area contributed by atoms with Crippen LogP contribution in [-0.2, 0) is 10.3 Å². The predicted molar refractivity (Wildman–Crippen MR) is 113 cm³/mol. The maximum atomic E-state index is 12.8. The summed E-state index contributed by atoms with van der Waals surface area (Å²) in [5.41, 5.74) is 3.14. The summed E-state index contributed by atoms with van der Waals surface area (Å²) >= 11 is 0. The lowest BCUT2D eigenvalue weighted by molar-refractivity contribution is -0.125. The number of carbonyl (C=O) groups is 1. The second-order valence-corrected chi connectivity index (χ2v) is 7.87.